The first kappa shape index (κ1) is 20.4. The number of halogens is 3. The minimum Gasteiger partial charge on any atom is -0.350 e. The fourth-order valence-electron chi connectivity index (χ4n) is 2.55. The van der Waals surface area contributed by atoms with Crippen molar-refractivity contribution >= 4 is 53.3 Å². The fourth-order valence-corrected chi connectivity index (χ4v) is 3.97. The summed E-state index contributed by atoms with van der Waals surface area (Å²) in [4.78, 5) is 12.2. The molecular weight excluding hydrogens is 403 g/mol. The third-order valence-electron chi connectivity index (χ3n) is 3.83. The molecule has 136 valence electrons. The Labute approximate surface area is 167 Å². The van der Waals surface area contributed by atoms with Crippen LogP contribution in [-0.2, 0) is 18.7 Å². The highest BCUT2D eigenvalue weighted by atomic mass is 35.5. The van der Waals surface area contributed by atoms with Gasteiger partial charge >= 0.3 is 0 Å². The van der Waals surface area contributed by atoms with E-state index in [9.17, 15) is 4.79 Å². The molecule has 0 fully saturated rings. The summed E-state index contributed by atoms with van der Waals surface area (Å²) in [5, 5.41) is 14.6. The molecule has 9 heteroatoms. The van der Waals surface area contributed by atoms with Crippen LogP contribution in [0.1, 0.15) is 27.3 Å². The van der Waals surface area contributed by atoms with E-state index in [-0.39, 0.29) is 18.3 Å². The average molecular weight is 422 g/mol. The second-order valence-corrected chi connectivity index (χ2v) is 7.45. The van der Waals surface area contributed by atoms with E-state index in [2.05, 4.69) is 20.8 Å². The van der Waals surface area contributed by atoms with Crippen molar-refractivity contribution in [3.63, 3.8) is 0 Å². The Balaban J connectivity index is 0.00000225. The molecule has 0 saturated carbocycles. The molecular formula is C16H19Cl3N4OS. The quantitative estimate of drug-likeness (QED) is 0.625. The fraction of sp³-hybridized carbons (Fsp3) is 0.375. The molecule has 2 aromatic rings. The van der Waals surface area contributed by atoms with Crippen LogP contribution in [0.4, 0.5) is 0 Å². The maximum absolute atomic E-state index is 12.2. The summed E-state index contributed by atoms with van der Waals surface area (Å²) in [6, 6.07) is 5.51. The van der Waals surface area contributed by atoms with E-state index in [1.807, 2.05) is 12.1 Å². The topological polar surface area (TPSA) is 69.8 Å². The van der Waals surface area contributed by atoms with Gasteiger partial charge in [0.2, 0.25) is 0 Å². The van der Waals surface area contributed by atoms with Crippen molar-refractivity contribution < 1.29 is 4.79 Å². The Morgan fingerprint density at radius 2 is 2.20 bits per heavy atom. The highest BCUT2D eigenvalue weighted by Crippen LogP contribution is 2.24. The molecule has 0 unspecified atom stereocenters. The minimum atomic E-state index is -0.124. The van der Waals surface area contributed by atoms with Crippen molar-refractivity contribution in [1.82, 2.24) is 20.8 Å². The van der Waals surface area contributed by atoms with Crippen LogP contribution in [0.2, 0.25) is 10.0 Å². The first-order chi connectivity index (χ1) is 11.6. The van der Waals surface area contributed by atoms with E-state index >= 15 is 0 Å². The van der Waals surface area contributed by atoms with Crippen LogP contribution in [0, 0.1) is 0 Å². The van der Waals surface area contributed by atoms with Gasteiger partial charge in [-0.2, -0.15) is 16.9 Å². The number of hydrogen-bond donors (Lipinski definition) is 3. The van der Waals surface area contributed by atoms with Crippen molar-refractivity contribution in [2.75, 3.05) is 18.8 Å². The number of rotatable bonds is 6. The van der Waals surface area contributed by atoms with E-state index in [4.69, 9.17) is 23.2 Å². The van der Waals surface area contributed by atoms with Crippen molar-refractivity contribution in [3.05, 3.63) is 50.8 Å². The lowest BCUT2D eigenvalue weighted by Gasteiger charge is -2.12. The number of amides is 1. The predicted octanol–water partition coefficient (Wildman–Crippen LogP) is 3.45. The zero-order valence-electron chi connectivity index (χ0n) is 13.4. The normalized spacial score (nSPS) is 13.0. The number of fused-ring (bicyclic) bond motifs is 1. The van der Waals surface area contributed by atoms with Gasteiger partial charge in [0, 0.05) is 58.9 Å². The lowest BCUT2D eigenvalue weighted by Crippen LogP contribution is -2.29. The van der Waals surface area contributed by atoms with Gasteiger partial charge in [0.25, 0.3) is 5.91 Å². The number of hydrogen-bond acceptors (Lipinski definition) is 4. The summed E-state index contributed by atoms with van der Waals surface area (Å²) in [6.07, 6.45) is 0.882. The molecule has 1 aliphatic heterocycles. The third kappa shape index (κ3) is 5.28. The Morgan fingerprint density at radius 1 is 1.36 bits per heavy atom. The van der Waals surface area contributed by atoms with Crippen molar-refractivity contribution in [2.24, 2.45) is 0 Å². The molecule has 0 radical (unpaired) electrons. The number of carbonyl (C=O) groups excluding carboxylic acids is 1. The molecule has 1 aromatic heterocycles. The van der Waals surface area contributed by atoms with Crippen LogP contribution in [0.3, 0.4) is 0 Å². The number of aromatic nitrogens is 2. The lowest BCUT2D eigenvalue weighted by molar-refractivity contribution is 0.0950. The summed E-state index contributed by atoms with van der Waals surface area (Å²) in [5.41, 5.74) is 3.60. The molecule has 1 amide bonds. The number of carbonyl (C=O) groups is 1. The largest absolute Gasteiger partial charge is 0.350 e. The van der Waals surface area contributed by atoms with Gasteiger partial charge in [-0.15, -0.1) is 12.4 Å². The molecule has 3 rings (SSSR count). The van der Waals surface area contributed by atoms with Gasteiger partial charge in [-0.3, -0.25) is 9.89 Å². The molecule has 0 atom stereocenters. The summed E-state index contributed by atoms with van der Waals surface area (Å²) in [7, 11) is 0. The zero-order valence-corrected chi connectivity index (χ0v) is 16.5. The Bertz CT molecular complexity index is 738. The zero-order chi connectivity index (χ0) is 16.9. The second kappa shape index (κ2) is 9.69. The van der Waals surface area contributed by atoms with Crippen molar-refractivity contribution in [1.29, 1.82) is 0 Å². The highest BCUT2D eigenvalue weighted by Gasteiger charge is 2.21. The summed E-state index contributed by atoms with van der Waals surface area (Å²) in [6.45, 7) is 2.20. The monoisotopic (exact) mass is 420 g/mol. The van der Waals surface area contributed by atoms with Gasteiger partial charge in [0.05, 0.1) is 0 Å². The highest BCUT2D eigenvalue weighted by molar-refractivity contribution is 7.98. The molecule has 1 aliphatic rings. The van der Waals surface area contributed by atoms with E-state index < -0.39 is 0 Å². The summed E-state index contributed by atoms with van der Waals surface area (Å²) < 4.78 is 0. The Kier molecular flexibility index (Phi) is 7.90. The summed E-state index contributed by atoms with van der Waals surface area (Å²) >= 11 is 13.7. The number of nitrogens with zero attached hydrogens (tertiary/aromatic N) is 1. The summed E-state index contributed by atoms with van der Waals surface area (Å²) in [5.74, 6) is 1.46. The van der Waals surface area contributed by atoms with Crippen molar-refractivity contribution in [2.45, 2.75) is 18.7 Å². The second-order valence-electron chi connectivity index (χ2n) is 5.50. The molecule has 0 spiro atoms. The van der Waals surface area contributed by atoms with Gasteiger partial charge < -0.3 is 10.6 Å². The molecule has 0 bridgehead atoms. The first-order valence-electron chi connectivity index (χ1n) is 7.72. The van der Waals surface area contributed by atoms with Crippen LogP contribution in [-0.4, -0.2) is 34.9 Å². The number of aromatic amines is 1. The molecule has 2 heterocycles. The Hall–Kier alpha value is -0.920. The van der Waals surface area contributed by atoms with Crippen molar-refractivity contribution in [3.8, 4) is 0 Å². The van der Waals surface area contributed by atoms with Gasteiger partial charge in [0.1, 0.15) is 0 Å². The van der Waals surface area contributed by atoms with Crippen LogP contribution < -0.4 is 10.6 Å². The predicted molar refractivity (Wildman–Crippen MR) is 106 cm³/mol. The van der Waals surface area contributed by atoms with Crippen LogP contribution >= 0.6 is 47.4 Å². The minimum absolute atomic E-state index is 0. The van der Waals surface area contributed by atoms with E-state index in [0.29, 0.717) is 28.8 Å². The van der Waals surface area contributed by atoms with Gasteiger partial charge in [-0.1, -0.05) is 29.3 Å². The SMILES string of the molecule is Cl.O=C(NCCSCc1ccc(Cl)cc1Cl)c1n[nH]c2c1CNCC2. The standard InChI is InChI=1S/C16H18Cl2N4OS.ClH/c17-11-2-1-10(13(18)7-11)9-24-6-5-20-16(23)15-12-8-19-4-3-14(12)21-22-15;/h1-2,7,19H,3-6,8-9H2,(H,20,23)(H,21,22);1H. The number of thioether (sulfide) groups is 1. The van der Waals surface area contributed by atoms with E-state index in [0.717, 1.165) is 41.3 Å². The van der Waals surface area contributed by atoms with Gasteiger partial charge in [-0.25, -0.2) is 0 Å². The number of nitrogens with one attached hydrogen (secondary N) is 3. The lowest BCUT2D eigenvalue weighted by atomic mass is 10.1. The van der Waals surface area contributed by atoms with Crippen LogP contribution in [0.5, 0.6) is 0 Å². The van der Waals surface area contributed by atoms with Crippen LogP contribution in [0.15, 0.2) is 18.2 Å². The number of H-pyrrole nitrogens is 1. The Morgan fingerprint density at radius 3 is 3.00 bits per heavy atom. The van der Waals surface area contributed by atoms with Gasteiger partial charge in [0.15, 0.2) is 5.69 Å². The third-order valence-corrected chi connectivity index (χ3v) is 5.42. The molecule has 0 aliphatic carbocycles. The maximum atomic E-state index is 12.2. The molecule has 0 saturated heterocycles. The average Bonchev–Trinajstić information content (AvgIpc) is 3.00. The smallest absolute Gasteiger partial charge is 0.272 e. The molecule has 3 N–H and O–H groups in total. The maximum Gasteiger partial charge on any atom is 0.272 e. The number of benzene rings is 1. The van der Waals surface area contributed by atoms with E-state index in [1.54, 1.807) is 17.8 Å². The van der Waals surface area contributed by atoms with E-state index in [1.165, 1.54) is 0 Å². The van der Waals surface area contributed by atoms with Crippen LogP contribution in [0.25, 0.3) is 0 Å². The molecule has 5 nitrogen and oxygen atoms in total. The first-order valence-corrected chi connectivity index (χ1v) is 9.63. The molecule has 25 heavy (non-hydrogen) atoms. The van der Waals surface area contributed by atoms with Gasteiger partial charge in [-0.05, 0) is 17.7 Å². The molecule has 1 aromatic carbocycles.